The maximum Gasteiger partial charge on any atom is 0.0730 e. The summed E-state index contributed by atoms with van der Waals surface area (Å²) < 4.78 is 2.37. The van der Waals surface area contributed by atoms with E-state index in [0.29, 0.717) is 5.92 Å². The van der Waals surface area contributed by atoms with Gasteiger partial charge in [-0.2, -0.15) is 0 Å². The van der Waals surface area contributed by atoms with Crippen molar-refractivity contribution in [2.75, 3.05) is 0 Å². The van der Waals surface area contributed by atoms with Crippen LogP contribution in [0.25, 0.3) is 88.8 Å². The number of para-hydroxylation sites is 1. The second-order valence-corrected chi connectivity index (χ2v) is 12.8. The lowest BCUT2D eigenvalue weighted by molar-refractivity contribution is 0.742. The number of hydrogen-bond acceptors (Lipinski definition) is 1. The summed E-state index contributed by atoms with van der Waals surface area (Å²) in [6, 6.07) is 46.9. The van der Waals surface area contributed by atoms with Crippen LogP contribution in [0.15, 0.2) is 140 Å². The Morgan fingerprint density at radius 1 is 0.565 bits per heavy atom. The van der Waals surface area contributed by atoms with E-state index in [0.717, 1.165) is 17.6 Å². The van der Waals surface area contributed by atoms with Gasteiger partial charge in [-0.15, -0.1) is 0 Å². The topological polar surface area (TPSA) is 17.8 Å². The van der Waals surface area contributed by atoms with Gasteiger partial charge in [0.25, 0.3) is 0 Å². The predicted molar refractivity (Wildman–Crippen MR) is 193 cm³/mol. The zero-order valence-corrected chi connectivity index (χ0v) is 25.5. The number of benzene rings is 6. The van der Waals surface area contributed by atoms with E-state index in [2.05, 4.69) is 157 Å². The molecule has 2 aromatic heterocycles. The largest absolute Gasteiger partial charge is 0.308 e. The molecule has 1 atom stereocenters. The molecule has 0 bridgehead atoms. The van der Waals surface area contributed by atoms with E-state index in [1.165, 1.54) is 82.8 Å². The minimum atomic E-state index is 0.407. The van der Waals surface area contributed by atoms with Gasteiger partial charge in [0.2, 0.25) is 0 Å². The molecule has 6 aromatic carbocycles. The first-order valence-electron chi connectivity index (χ1n) is 16.2. The maximum atomic E-state index is 5.02. The summed E-state index contributed by atoms with van der Waals surface area (Å²) in [4.78, 5) is 5.02. The van der Waals surface area contributed by atoms with Crippen molar-refractivity contribution in [3.8, 4) is 50.2 Å². The Labute approximate surface area is 267 Å². The van der Waals surface area contributed by atoms with Gasteiger partial charge in [0.05, 0.1) is 22.9 Å². The van der Waals surface area contributed by atoms with Crippen molar-refractivity contribution in [2.45, 2.75) is 19.3 Å². The molecular weight excluding hydrogens is 556 g/mol. The number of pyridine rings is 1. The first kappa shape index (κ1) is 25.6. The Balaban J connectivity index is 1.17. The van der Waals surface area contributed by atoms with E-state index in [1.54, 1.807) is 0 Å². The zero-order valence-electron chi connectivity index (χ0n) is 25.5. The molecule has 2 aliphatic rings. The molecule has 2 aliphatic carbocycles. The van der Waals surface area contributed by atoms with Crippen molar-refractivity contribution in [3.05, 3.63) is 151 Å². The van der Waals surface area contributed by atoms with Gasteiger partial charge in [0.15, 0.2) is 0 Å². The fourth-order valence-electron chi connectivity index (χ4n) is 8.07. The normalized spacial score (nSPS) is 14.7. The zero-order chi connectivity index (χ0) is 30.4. The SMILES string of the molecule is CC1CC=Cc2c1ncc1c2c2cc(-c3cccc(-c4ccc5c6c(cccc46)-c4ccccc4-5)c3)ccc2n1-c1ccccc1. The van der Waals surface area contributed by atoms with Crippen molar-refractivity contribution in [1.29, 1.82) is 0 Å². The predicted octanol–water partition coefficient (Wildman–Crippen LogP) is 11.8. The molecule has 0 fully saturated rings. The second-order valence-electron chi connectivity index (χ2n) is 12.8. The second kappa shape index (κ2) is 9.63. The van der Waals surface area contributed by atoms with Crippen LogP contribution in [0.3, 0.4) is 0 Å². The summed E-state index contributed by atoms with van der Waals surface area (Å²) in [6.07, 6.45) is 7.72. The Kier molecular flexibility index (Phi) is 5.36. The van der Waals surface area contributed by atoms with Crippen LogP contribution in [0, 0.1) is 0 Å². The van der Waals surface area contributed by atoms with Crippen molar-refractivity contribution in [1.82, 2.24) is 9.55 Å². The van der Waals surface area contributed by atoms with Crippen LogP contribution >= 0.6 is 0 Å². The summed E-state index contributed by atoms with van der Waals surface area (Å²) >= 11 is 0. The van der Waals surface area contributed by atoms with E-state index in [-0.39, 0.29) is 0 Å². The lowest BCUT2D eigenvalue weighted by atomic mass is 9.90. The highest BCUT2D eigenvalue weighted by molar-refractivity contribution is 6.19. The van der Waals surface area contributed by atoms with Gasteiger partial charge < -0.3 is 4.57 Å². The number of rotatable bonds is 3. The van der Waals surface area contributed by atoms with Crippen LogP contribution < -0.4 is 0 Å². The van der Waals surface area contributed by atoms with E-state index in [9.17, 15) is 0 Å². The average molecular weight is 587 g/mol. The monoisotopic (exact) mass is 586 g/mol. The fourth-order valence-corrected chi connectivity index (χ4v) is 8.07. The van der Waals surface area contributed by atoms with E-state index in [4.69, 9.17) is 4.98 Å². The van der Waals surface area contributed by atoms with Crippen molar-refractivity contribution in [3.63, 3.8) is 0 Å². The third-order valence-electron chi connectivity index (χ3n) is 10.2. The molecule has 0 saturated carbocycles. The Morgan fingerprint density at radius 3 is 2.15 bits per heavy atom. The molecule has 1 unspecified atom stereocenters. The number of fused-ring (bicyclic) bond motifs is 8. The lowest BCUT2D eigenvalue weighted by Gasteiger charge is -2.17. The molecule has 0 aliphatic heterocycles. The van der Waals surface area contributed by atoms with Gasteiger partial charge in [0, 0.05) is 27.9 Å². The fraction of sp³-hybridized carbons (Fsp3) is 0.0682. The third-order valence-corrected chi connectivity index (χ3v) is 10.2. The molecule has 46 heavy (non-hydrogen) atoms. The summed E-state index contributed by atoms with van der Waals surface area (Å²) in [6.45, 7) is 2.29. The van der Waals surface area contributed by atoms with Crippen molar-refractivity contribution < 1.29 is 0 Å². The van der Waals surface area contributed by atoms with E-state index < -0.39 is 0 Å². The molecule has 2 heterocycles. The van der Waals surface area contributed by atoms with Gasteiger partial charge >= 0.3 is 0 Å². The third kappa shape index (κ3) is 3.56. The molecule has 2 heteroatoms. The van der Waals surface area contributed by atoms with Crippen LogP contribution in [0.4, 0.5) is 0 Å². The van der Waals surface area contributed by atoms with Crippen molar-refractivity contribution >= 4 is 38.7 Å². The standard InChI is InChI=1S/C44H30N2/c1-27-10-7-19-38-43-39-25-29(20-23-40(39)46(31-13-3-2-4-14-31)41(43)26-45-44(27)38)28-11-8-12-30(24-28)32-21-22-37-34-16-6-5-15-33(34)36-18-9-17-35(32)42(36)37/h2-9,11-27H,10H2,1H3. The van der Waals surface area contributed by atoms with Crippen LogP contribution in [-0.2, 0) is 0 Å². The van der Waals surface area contributed by atoms with Gasteiger partial charge in [-0.05, 0) is 92.0 Å². The van der Waals surface area contributed by atoms with E-state index in [1.807, 2.05) is 0 Å². The van der Waals surface area contributed by atoms with Crippen LogP contribution in [0.5, 0.6) is 0 Å². The van der Waals surface area contributed by atoms with Gasteiger partial charge in [-0.3, -0.25) is 4.98 Å². The molecule has 0 saturated heterocycles. The highest BCUT2D eigenvalue weighted by Crippen LogP contribution is 2.49. The number of aromatic nitrogens is 2. The summed E-state index contributed by atoms with van der Waals surface area (Å²) in [5, 5.41) is 5.23. The first-order valence-corrected chi connectivity index (χ1v) is 16.2. The molecule has 10 rings (SSSR count). The van der Waals surface area contributed by atoms with Crippen LogP contribution in [0.1, 0.15) is 30.5 Å². The molecule has 0 spiro atoms. The van der Waals surface area contributed by atoms with Gasteiger partial charge in [-0.25, -0.2) is 0 Å². The first-order chi connectivity index (χ1) is 22.7. The Hall–Kier alpha value is -5.73. The smallest absolute Gasteiger partial charge is 0.0730 e. The highest BCUT2D eigenvalue weighted by atomic mass is 15.0. The van der Waals surface area contributed by atoms with Crippen LogP contribution in [-0.4, -0.2) is 9.55 Å². The van der Waals surface area contributed by atoms with Crippen molar-refractivity contribution in [2.24, 2.45) is 0 Å². The Morgan fingerprint density at radius 2 is 1.28 bits per heavy atom. The summed E-state index contributed by atoms with van der Waals surface area (Å²) in [7, 11) is 0. The van der Waals surface area contributed by atoms with Gasteiger partial charge in [0.1, 0.15) is 0 Å². The molecule has 0 amide bonds. The lowest BCUT2D eigenvalue weighted by Crippen LogP contribution is -2.04. The molecule has 0 N–H and O–H groups in total. The van der Waals surface area contributed by atoms with E-state index >= 15 is 0 Å². The summed E-state index contributed by atoms with van der Waals surface area (Å²) in [5.41, 5.74) is 16.3. The highest BCUT2D eigenvalue weighted by Gasteiger charge is 2.24. The summed E-state index contributed by atoms with van der Waals surface area (Å²) in [5.74, 6) is 0.407. The van der Waals surface area contributed by atoms with Crippen LogP contribution in [0.2, 0.25) is 0 Å². The minimum Gasteiger partial charge on any atom is -0.308 e. The molecule has 0 radical (unpaired) electrons. The number of hydrogen-bond donors (Lipinski definition) is 0. The molecular formula is C44H30N2. The quantitative estimate of drug-likeness (QED) is 0.201. The maximum absolute atomic E-state index is 5.02. The minimum absolute atomic E-state index is 0.407. The number of allylic oxidation sites excluding steroid dienone is 1. The molecule has 216 valence electrons. The molecule has 2 nitrogen and oxygen atoms in total. The number of nitrogens with zero attached hydrogens (tertiary/aromatic N) is 2. The van der Waals surface area contributed by atoms with Gasteiger partial charge in [-0.1, -0.05) is 116 Å². The molecule has 8 aromatic rings. The Bertz CT molecular complexity index is 2540. The average Bonchev–Trinajstić information content (AvgIpc) is 3.63.